The summed E-state index contributed by atoms with van der Waals surface area (Å²) in [5.74, 6) is 0. The first-order chi connectivity index (χ1) is 34.2. The molecule has 0 atom stereocenters. The van der Waals surface area contributed by atoms with Crippen molar-refractivity contribution in [3.8, 4) is 33.4 Å². The van der Waals surface area contributed by atoms with Crippen LogP contribution in [0.2, 0.25) is 0 Å². The van der Waals surface area contributed by atoms with Crippen LogP contribution in [0.1, 0.15) is 22.3 Å². The van der Waals surface area contributed by atoms with E-state index in [0.29, 0.717) is 0 Å². The fourth-order valence-corrected chi connectivity index (χ4v) is 11.8. The Bertz CT molecular complexity index is 4070. The molecule has 69 heavy (non-hydrogen) atoms. The molecule has 2 heteroatoms. The Kier molecular flexibility index (Phi) is 8.84. The van der Waals surface area contributed by atoms with Crippen LogP contribution in [0.4, 0.5) is 17.1 Å². The summed E-state index contributed by atoms with van der Waals surface area (Å²) in [6.45, 7) is 0. The minimum absolute atomic E-state index is 0.529. The van der Waals surface area contributed by atoms with E-state index in [-0.39, 0.29) is 0 Å². The number of hydrogen-bond acceptors (Lipinski definition) is 2. The van der Waals surface area contributed by atoms with E-state index in [9.17, 15) is 0 Å². The largest absolute Gasteiger partial charge is 0.455 e. The van der Waals surface area contributed by atoms with Crippen molar-refractivity contribution in [1.29, 1.82) is 0 Å². The summed E-state index contributed by atoms with van der Waals surface area (Å²) in [6.07, 6.45) is 0. The van der Waals surface area contributed by atoms with Crippen LogP contribution < -0.4 is 4.90 Å². The number of rotatable bonds is 7. The Hall–Kier alpha value is -8.98. The van der Waals surface area contributed by atoms with Gasteiger partial charge in [0.15, 0.2) is 0 Å². The van der Waals surface area contributed by atoms with E-state index in [2.05, 4.69) is 266 Å². The van der Waals surface area contributed by atoms with E-state index >= 15 is 0 Å². The Morgan fingerprint density at radius 1 is 0.333 bits per heavy atom. The summed E-state index contributed by atoms with van der Waals surface area (Å²) in [6, 6.07) is 95.6. The van der Waals surface area contributed by atoms with Gasteiger partial charge in [-0.15, -0.1) is 0 Å². The van der Waals surface area contributed by atoms with Crippen molar-refractivity contribution in [2.75, 3.05) is 4.90 Å². The van der Waals surface area contributed by atoms with Crippen molar-refractivity contribution >= 4 is 71.3 Å². The molecule has 0 amide bonds. The smallest absolute Gasteiger partial charge is 0.143 e. The lowest BCUT2D eigenvalue weighted by atomic mass is 9.68. The van der Waals surface area contributed by atoms with Gasteiger partial charge in [0, 0.05) is 33.1 Å². The lowest BCUT2D eigenvalue weighted by Crippen LogP contribution is -2.28. The Balaban J connectivity index is 0.977. The Labute approximate surface area is 400 Å². The summed E-state index contributed by atoms with van der Waals surface area (Å²) in [5.41, 5.74) is 16.8. The molecule has 0 bridgehead atoms. The van der Waals surface area contributed by atoms with Crippen molar-refractivity contribution in [1.82, 2.24) is 0 Å². The van der Waals surface area contributed by atoms with Gasteiger partial charge in [-0.2, -0.15) is 0 Å². The monoisotopic (exact) mass is 877 g/mol. The zero-order chi connectivity index (χ0) is 45.5. The van der Waals surface area contributed by atoms with Crippen LogP contribution in [0.25, 0.3) is 87.6 Å². The second-order valence-electron chi connectivity index (χ2n) is 18.3. The fourth-order valence-electron chi connectivity index (χ4n) is 11.8. The number of anilines is 3. The van der Waals surface area contributed by atoms with Crippen molar-refractivity contribution in [3.63, 3.8) is 0 Å². The molecule has 1 aromatic heterocycles. The minimum Gasteiger partial charge on any atom is -0.455 e. The first-order valence-electron chi connectivity index (χ1n) is 23.8. The summed E-state index contributed by atoms with van der Waals surface area (Å²) >= 11 is 0. The van der Waals surface area contributed by atoms with E-state index in [1.807, 2.05) is 0 Å². The summed E-state index contributed by atoms with van der Waals surface area (Å²) in [4.78, 5) is 2.47. The van der Waals surface area contributed by atoms with E-state index < -0.39 is 5.41 Å². The SMILES string of the molecule is c1ccc(C2(c3ccccc3)c3ccccc3-c3c(N(c4ccc(-c5cc6ccccc6c6ccccc56)cc4)c4ccc(-c5cccc6oc7c8ccccc8ccc7c56)cc4)cccc32)cc1. The molecule has 0 N–H and O–H groups in total. The Morgan fingerprint density at radius 2 is 0.884 bits per heavy atom. The standard InChI is InChI=1S/C67H43NO/c1-3-19-48(20-4-1)67(49-21-5-2-6-22-49)60-29-14-13-27-57(60)65-61(67)30-16-31-62(65)68(51-40-35-46(36-41-51)59-43-47-18-8-9-23-52(47)55-25-11-12-26-56(55)59)50-38-33-45(34-39-50)53-28-15-32-63-64(53)58-42-37-44-17-7-10-24-54(44)66(58)69-63/h1-43H. The van der Waals surface area contributed by atoms with Crippen LogP contribution in [0, 0.1) is 0 Å². The molecule has 1 aliphatic rings. The molecule has 0 unspecified atom stereocenters. The molecule has 1 heterocycles. The van der Waals surface area contributed by atoms with E-state index in [4.69, 9.17) is 4.42 Å². The average molecular weight is 878 g/mol. The summed E-state index contributed by atoms with van der Waals surface area (Å²) < 4.78 is 6.64. The highest BCUT2D eigenvalue weighted by Gasteiger charge is 2.47. The van der Waals surface area contributed by atoms with Crippen molar-refractivity contribution in [2.45, 2.75) is 5.41 Å². The molecular formula is C67H43NO. The molecule has 13 aromatic rings. The molecule has 0 radical (unpaired) electrons. The van der Waals surface area contributed by atoms with Crippen LogP contribution >= 0.6 is 0 Å². The third-order valence-electron chi connectivity index (χ3n) is 14.7. The normalized spacial score (nSPS) is 12.8. The van der Waals surface area contributed by atoms with E-state index in [0.717, 1.165) is 55.5 Å². The number of benzene rings is 12. The van der Waals surface area contributed by atoms with Crippen molar-refractivity contribution in [3.05, 3.63) is 283 Å². The second-order valence-corrected chi connectivity index (χ2v) is 18.3. The topological polar surface area (TPSA) is 16.4 Å². The molecule has 322 valence electrons. The van der Waals surface area contributed by atoms with Gasteiger partial charge in [-0.25, -0.2) is 0 Å². The molecule has 1 aliphatic carbocycles. The molecule has 0 spiro atoms. The van der Waals surface area contributed by atoms with Crippen LogP contribution in [-0.2, 0) is 5.41 Å². The third kappa shape index (κ3) is 5.92. The number of fused-ring (bicyclic) bond motifs is 11. The fraction of sp³-hybridized carbons (Fsp3) is 0.0149. The number of nitrogens with zero attached hydrogens (tertiary/aromatic N) is 1. The van der Waals surface area contributed by atoms with Gasteiger partial charge in [-0.05, 0) is 126 Å². The molecule has 0 aliphatic heterocycles. The van der Waals surface area contributed by atoms with Gasteiger partial charge in [-0.1, -0.05) is 212 Å². The molecule has 14 rings (SSSR count). The molecular weight excluding hydrogens is 835 g/mol. The van der Waals surface area contributed by atoms with Crippen LogP contribution in [0.5, 0.6) is 0 Å². The summed E-state index contributed by atoms with van der Waals surface area (Å²) in [5, 5.41) is 9.59. The maximum Gasteiger partial charge on any atom is 0.143 e. The second kappa shape index (κ2) is 15.6. The summed E-state index contributed by atoms with van der Waals surface area (Å²) in [7, 11) is 0. The number of hydrogen-bond donors (Lipinski definition) is 0. The highest BCUT2D eigenvalue weighted by Crippen LogP contribution is 2.59. The average Bonchev–Trinajstić information content (AvgIpc) is 3.97. The van der Waals surface area contributed by atoms with Gasteiger partial charge in [-0.3, -0.25) is 0 Å². The highest BCUT2D eigenvalue weighted by molar-refractivity contribution is 6.19. The molecule has 0 saturated carbocycles. The highest BCUT2D eigenvalue weighted by atomic mass is 16.3. The van der Waals surface area contributed by atoms with Gasteiger partial charge in [0.05, 0.1) is 11.1 Å². The van der Waals surface area contributed by atoms with Gasteiger partial charge < -0.3 is 9.32 Å². The van der Waals surface area contributed by atoms with E-state index in [1.165, 1.54) is 71.4 Å². The maximum atomic E-state index is 6.64. The molecule has 0 saturated heterocycles. The van der Waals surface area contributed by atoms with Crippen LogP contribution in [0.3, 0.4) is 0 Å². The van der Waals surface area contributed by atoms with Gasteiger partial charge in [0.2, 0.25) is 0 Å². The van der Waals surface area contributed by atoms with Crippen LogP contribution in [-0.4, -0.2) is 0 Å². The third-order valence-corrected chi connectivity index (χ3v) is 14.7. The lowest BCUT2D eigenvalue weighted by molar-refractivity contribution is 0.673. The zero-order valence-electron chi connectivity index (χ0n) is 37.7. The molecule has 12 aromatic carbocycles. The predicted octanol–water partition coefficient (Wildman–Crippen LogP) is 18.2. The minimum atomic E-state index is -0.529. The number of furan rings is 1. The van der Waals surface area contributed by atoms with Crippen molar-refractivity contribution < 1.29 is 4.42 Å². The first kappa shape index (κ1) is 39.2. The molecule has 2 nitrogen and oxygen atoms in total. The van der Waals surface area contributed by atoms with Crippen molar-refractivity contribution in [2.24, 2.45) is 0 Å². The Morgan fingerprint density at radius 3 is 1.61 bits per heavy atom. The molecule has 0 fully saturated rings. The predicted molar refractivity (Wildman–Crippen MR) is 289 cm³/mol. The van der Waals surface area contributed by atoms with Crippen LogP contribution in [0.15, 0.2) is 265 Å². The van der Waals surface area contributed by atoms with E-state index in [1.54, 1.807) is 0 Å². The van der Waals surface area contributed by atoms with Gasteiger partial charge >= 0.3 is 0 Å². The maximum absolute atomic E-state index is 6.64. The van der Waals surface area contributed by atoms with Gasteiger partial charge in [0.1, 0.15) is 11.2 Å². The first-order valence-corrected chi connectivity index (χ1v) is 23.8. The lowest BCUT2D eigenvalue weighted by Gasteiger charge is -2.34. The van der Waals surface area contributed by atoms with Gasteiger partial charge in [0.25, 0.3) is 0 Å². The quantitative estimate of drug-likeness (QED) is 0.148. The zero-order valence-corrected chi connectivity index (χ0v) is 37.7.